The van der Waals surface area contributed by atoms with Crippen LogP contribution >= 0.6 is 11.6 Å². The van der Waals surface area contributed by atoms with Gasteiger partial charge < -0.3 is 10.6 Å². The van der Waals surface area contributed by atoms with Crippen molar-refractivity contribution in [2.75, 3.05) is 10.6 Å². The molecule has 0 unspecified atom stereocenters. The molecule has 2 heterocycles. The Kier molecular flexibility index (Phi) is 5.68. The number of para-hydroxylation sites is 1. The first-order valence-corrected chi connectivity index (χ1v) is 9.02. The van der Waals surface area contributed by atoms with E-state index in [2.05, 4.69) is 39.4 Å². The zero-order valence-corrected chi connectivity index (χ0v) is 15.9. The molecule has 0 bridgehead atoms. The molecule has 0 saturated heterocycles. The number of pyridine rings is 1. The predicted molar refractivity (Wildman–Crippen MR) is 108 cm³/mol. The molecule has 0 amide bonds. The van der Waals surface area contributed by atoms with Gasteiger partial charge >= 0.3 is 0 Å². The summed E-state index contributed by atoms with van der Waals surface area (Å²) in [5.74, 6) is 1.27. The van der Waals surface area contributed by atoms with Crippen molar-refractivity contribution in [1.82, 2.24) is 15.0 Å². The van der Waals surface area contributed by atoms with Gasteiger partial charge in [0.25, 0.3) is 0 Å². The van der Waals surface area contributed by atoms with Crippen LogP contribution in [0.1, 0.15) is 25.8 Å². The van der Waals surface area contributed by atoms with Gasteiger partial charge in [-0.15, -0.1) is 0 Å². The Labute approximate surface area is 158 Å². The van der Waals surface area contributed by atoms with E-state index in [9.17, 15) is 0 Å². The third-order valence-corrected chi connectivity index (χ3v) is 4.48. The summed E-state index contributed by atoms with van der Waals surface area (Å²) < 4.78 is 0. The maximum atomic E-state index is 6.35. The highest BCUT2D eigenvalue weighted by molar-refractivity contribution is 6.33. The average Bonchev–Trinajstić information content (AvgIpc) is 2.65. The summed E-state index contributed by atoms with van der Waals surface area (Å²) in [5, 5.41) is 7.35. The van der Waals surface area contributed by atoms with Gasteiger partial charge in [0.2, 0.25) is 5.95 Å². The minimum absolute atomic E-state index is 0.276. The van der Waals surface area contributed by atoms with E-state index in [0.717, 1.165) is 28.9 Å². The van der Waals surface area contributed by atoms with E-state index in [4.69, 9.17) is 11.6 Å². The molecular formula is C20H22ClN5. The van der Waals surface area contributed by atoms with Gasteiger partial charge in [-0.3, -0.25) is 4.98 Å². The number of hydrogen-bond acceptors (Lipinski definition) is 5. The lowest BCUT2D eigenvalue weighted by molar-refractivity contribution is 0.753. The van der Waals surface area contributed by atoms with Crippen molar-refractivity contribution < 1.29 is 0 Å². The number of aryl methyl sites for hydroxylation is 1. The summed E-state index contributed by atoms with van der Waals surface area (Å²) >= 11 is 6.35. The van der Waals surface area contributed by atoms with Gasteiger partial charge in [0.1, 0.15) is 5.82 Å². The molecule has 1 atom stereocenters. The zero-order valence-electron chi connectivity index (χ0n) is 15.1. The molecule has 0 aliphatic rings. The van der Waals surface area contributed by atoms with Crippen molar-refractivity contribution in [3.8, 4) is 11.3 Å². The van der Waals surface area contributed by atoms with Crippen LogP contribution in [0.3, 0.4) is 0 Å². The minimum Gasteiger partial charge on any atom is -0.352 e. The molecule has 26 heavy (non-hydrogen) atoms. The average molecular weight is 368 g/mol. The number of anilines is 3. The van der Waals surface area contributed by atoms with E-state index >= 15 is 0 Å². The fourth-order valence-electron chi connectivity index (χ4n) is 2.49. The number of nitrogens with zero attached hydrogens (tertiary/aromatic N) is 3. The molecule has 0 aliphatic carbocycles. The Bertz CT molecular complexity index is 862. The van der Waals surface area contributed by atoms with Crippen molar-refractivity contribution in [3.63, 3.8) is 0 Å². The molecule has 5 nitrogen and oxygen atoms in total. The predicted octanol–water partition coefficient (Wildman–Crippen LogP) is 5.45. The molecule has 0 saturated carbocycles. The number of benzene rings is 1. The van der Waals surface area contributed by atoms with Crippen LogP contribution in [0.15, 0.2) is 48.8 Å². The van der Waals surface area contributed by atoms with Crippen molar-refractivity contribution >= 4 is 29.1 Å². The lowest BCUT2D eigenvalue weighted by Crippen LogP contribution is -2.16. The van der Waals surface area contributed by atoms with Crippen LogP contribution in [0, 0.1) is 6.92 Å². The van der Waals surface area contributed by atoms with Crippen LogP contribution in [-0.2, 0) is 0 Å². The van der Waals surface area contributed by atoms with Crippen molar-refractivity contribution in [2.24, 2.45) is 0 Å². The molecule has 3 aromatic rings. The molecule has 134 valence electrons. The van der Waals surface area contributed by atoms with Gasteiger partial charge in [0, 0.05) is 30.1 Å². The van der Waals surface area contributed by atoms with Crippen LogP contribution in [0.25, 0.3) is 11.3 Å². The van der Waals surface area contributed by atoms with Crippen LogP contribution in [0.5, 0.6) is 0 Å². The second kappa shape index (κ2) is 8.15. The minimum atomic E-state index is 0.276. The summed E-state index contributed by atoms with van der Waals surface area (Å²) in [6.45, 7) is 6.24. The Morgan fingerprint density at radius 2 is 1.88 bits per heavy atom. The molecule has 6 heteroatoms. The van der Waals surface area contributed by atoms with E-state index in [1.165, 1.54) is 0 Å². The third-order valence-electron chi connectivity index (χ3n) is 4.17. The molecule has 1 aromatic carbocycles. The smallest absolute Gasteiger partial charge is 0.225 e. The van der Waals surface area contributed by atoms with Crippen LogP contribution in [-0.4, -0.2) is 21.0 Å². The highest BCUT2D eigenvalue weighted by Gasteiger charge is 2.11. The second-order valence-corrected chi connectivity index (χ2v) is 6.62. The van der Waals surface area contributed by atoms with Gasteiger partial charge in [-0.05, 0) is 44.0 Å². The number of hydrogen-bond donors (Lipinski definition) is 2. The first kappa shape index (κ1) is 18.1. The maximum absolute atomic E-state index is 6.35. The maximum Gasteiger partial charge on any atom is 0.225 e. The van der Waals surface area contributed by atoms with E-state index in [1.54, 1.807) is 12.4 Å². The summed E-state index contributed by atoms with van der Waals surface area (Å²) in [6.07, 6.45) is 4.49. The Morgan fingerprint density at radius 3 is 2.58 bits per heavy atom. The molecule has 3 rings (SSSR count). The Morgan fingerprint density at radius 1 is 1.12 bits per heavy atom. The van der Waals surface area contributed by atoms with Crippen molar-refractivity contribution in [3.05, 3.63) is 59.4 Å². The lowest BCUT2D eigenvalue weighted by atomic mass is 10.2. The fourth-order valence-corrected chi connectivity index (χ4v) is 2.76. The summed E-state index contributed by atoms with van der Waals surface area (Å²) in [4.78, 5) is 13.3. The SMILES string of the molecule is CC[C@@H](C)Nc1nc(Nc2c(C)cccc2Cl)cc(-c2ccncc2)n1. The first-order valence-electron chi connectivity index (χ1n) is 8.65. The normalized spacial score (nSPS) is 11.8. The van der Waals surface area contributed by atoms with E-state index < -0.39 is 0 Å². The highest BCUT2D eigenvalue weighted by Crippen LogP contribution is 2.30. The largest absolute Gasteiger partial charge is 0.352 e. The van der Waals surface area contributed by atoms with Gasteiger partial charge in [0.05, 0.1) is 16.4 Å². The monoisotopic (exact) mass is 367 g/mol. The van der Waals surface area contributed by atoms with E-state index in [0.29, 0.717) is 16.8 Å². The highest BCUT2D eigenvalue weighted by atomic mass is 35.5. The van der Waals surface area contributed by atoms with Crippen LogP contribution < -0.4 is 10.6 Å². The van der Waals surface area contributed by atoms with Crippen LogP contribution in [0.2, 0.25) is 5.02 Å². The number of aromatic nitrogens is 3. The summed E-state index contributed by atoms with van der Waals surface area (Å²) in [7, 11) is 0. The van der Waals surface area contributed by atoms with Gasteiger partial charge in [-0.2, -0.15) is 4.98 Å². The van der Waals surface area contributed by atoms with Gasteiger partial charge in [-0.1, -0.05) is 30.7 Å². The molecule has 0 fully saturated rings. The molecule has 2 N–H and O–H groups in total. The van der Waals surface area contributed by atoms with Gasteiger partial charge in [0.15, 0.2) is 0 Å². The van der Waals surface area contributed by atoms with E-state index in [1.807, 2.05) is 43.3 Å². The number of halogens is 1. The Hall–Kier alpha value is -2.66. The standard InChI is InChI=1S/C20H22ClN5/c1-4-14(3)23-20-24-17(15-8-10-22-11-9-15)12-18(26-20)25-19-13(2)6-5-7-16(19)21/h5-12,14H,4H2,1-3H3,(H2,23,24,25,26)/t14-/m1/s1. The van der Waals surface area contributed by atoms with Crippen molar-refractivity contribution in [2.45, 2.75) is 33.2 Å². The van der Waals surface area contributed by atoms with Gasteiger partial charge in [-0.25, -0.2) is 4.98 Å². The molecule has 2 aromatic heterocycles. The Balaban J connectivity index is 2.02. The topological polar surface area (TPSA) is 62.7 Å². The fraction of sp³-hybridized carbons (Fsp3) is 0.250. The third kappa shape index (κ3) is 4.29. The zero-order chi connectivity index (χ0) is 18.5. The number of rotatable bonds is 6. The molecular weight excluding hydrogens is 346 g/mol. The second-order valence-electron chi connectivity index (χ2n) is 6.21. The van der Waals surface area contributed by atoms with Crippen LogP contribution in [0.4, 0.5) is 17.5 Å². The summed E-state index contributed by atoms with van der Waals surface area (Å²) in [6, 6.07) is 11.9. The quantitative estimate of drug-likeness (QED) is 0.606. The van der Waals surface area contributed by atoms with Crippen molar-refractivity contribution in [1.29, 1.82) is 0 Å². The lowest BCUT2D eigenvalue weighted by Gasteiger charge is -2.16. The summed E-state index contributed by atoms with van der Waals surface area (Å²) in [5.41, 5.74) is 3.70. The molecule has 0 spiro atoms. The number of nitrogens with one attached hydrogen (secondary N) is 2. The molecule has 0 aliphatic heterocycles. The van der Waals surface area contributed by atoms with E-state index in [-0.39, 0.29) is 6.04 Å². The first-order chi connectivity index (χ1) is 12.6. The molecule has 0 radical (unpaired) electrons.